The van der Waals surface area contributed by atoms with Gasteiger partial charge < -0.3 is 10.6 Å². The van der Waals surface area contributed by atoms with Gasteiger partial charge in [-0.05, 0) is 35.4 Å². The first-order valence-corrected chi connectivity index (χ1v) is 6.09. The average molecular weight is 242 g/mol. The molecule has 0 radical (unpaired) electrons. The second kappa shape index (κ2) is 4.42. The van der Waals surface area contributed by atoms with Crippen LogP contribution in [0.15, 0.2) is 48.5 Å². The van der Waals surface area contributed by atoms with Gasteiger partial charge in [0.1, 0.15) is 5.82 Å². The van der Waals surface area contributed by atoms with E-state index in [2.05, 4.69) is 17.0 Å². The maximum atomic E-state index is 13.3. The van der Waals surface area contributed by atoms with E-state index in [4.69, 9.17) is 5.73 Å². The lowest BCUT2D eigenvalue weighted by Crippen LogP contribution is -2.27. The molecule has 0 fully saturated rings. The molecule has 0 aliphatic carbocycles. The summed E-state index contributed by atoms with van der Waals surface area (Å²) in [4.78, 5) is 2.23. The van der Waals surface area contributed by atoms with Crippen molar-refractivity contribution in [1.29, 1.82) is 0 Å². The minimum Gasteiger partial charge on any atom is -0.359 e. The molecule has 0 bridgehead atoms. The Hall–Kier alpha value is -1.87. The molecule has 3 rings (SSSR count). The number of halogens is 1. The second-order valence-corrected chi connectivity index (χ2v) is 4.56. The Morgan fingerprint density at radius 3 is 2.67 bits per heavy atom. The Kier molecular flexibility index (Phi) is 2.76. The van der Waals surface area contributed by atoms with Crippen LogP contribution < -0.4 is 10.6 Å². The minimum atomic E-state index is -0.192. The summed E-state index contributed by atoms with van der Waals surface area (Å²) >= 11 is 0. The van der Waals surface area contributed by atoms with Crippen molar-refractivity contribution in [3.05, 3.63) is 65.5 Å². The molecule has 1 heterocycles. The molecule has 2 N–H and O–H groups in total. The zero-order valence-corrected chi connectivity index (χ0v) is 10.0. The van der Waals surface area contributed by atoms with Gasteiger partial charge in [0, 0.05) is 18.8 Å². The molecule has 18 heavy (non-hydrogen) atoms. The van der Waals surface area contributed by atoms with Crippen LogP contribution in [-0.2, 0) is 6.54 Å². The lowest BCUT2D eigenvalue weighted by atomic mass is 10.0. The van der Waals surface area contributed by atoms with Crippen molar-refractivity contribution in [2.24, 2.45) is 5.73 Å². The standard InChI is InChI=1S/C15H15FN2/c16-12-7-6-11-10-18(13-4-2-1-3-5-13)15(9-17)14(11)8-12/h1-8,15H,9-10,17H2. The molecule has 92 valence electrons. The summed E-state index contributed by atoms with van der Waals surface area (Å²) in [5, 5.41) is 0. The fourth-order valence-corrected chi connectivity index (χ4v) is 2.63. The highest BCUT2D eigenvalue weighted by molar-refractivity contribution is 5.54. The number of benzene rings is 2. The van der Waals surface area contributed by atoms with E-state index in [1.807, 2.05) is 24.3 Å². The second-order valence-electron chi connectivity index (χ2n) is 4.56. The van der Waals surface area contributed by atoms with Crippen molar-refractivity contribution in [2.75, 3.05) is 11.4 Å². The molecule has 0 aromatic heterocycles. The van der Waals surface area contributed by atoms with Crippen LogP contribution in [-0.4, -0.2) is 6.54 Å². The maximum absolute atomic E-state index is 13.3. The van der Waals surface area contributed by atoms with Crippen LogP contribution in [0.25, 0.3) is 0 Å². The van der Waals surface area contributed by atoms with Gasteiger partial charge in [0.15, 0.2) is 0 Å². The summed E-state index contributed by atoms with van der Waals surface area (Å²) < 4.78 is 13.3. The van der Waals surface area contributed by atoms with E-state index in [1.54, 1.807) is 6.07 Å². The number of para-hydroxylation sites is 1. The number of hydrogen-bond donors (Lipinski definition) is 1. The Bertz CT molecular complexity index is 554. The topological polar surface area (TPSA) is 29.3 Å². The van der Waals surface area contributed by atoms with Crippen molar-refractivity contribution in [2.45, 2.75) is 12.6 Å². The number of hydrogen-bond acceptors (Lipinski definition) is 2. The van der Waals surface area contributed by atoms with Crippen LogP contribution in [0.5, 0.6) is 0 Å². The van der Waals surface area contributed by atoms with Gasteiger partial charge >= 0.3 is 0 Å². The quantitative estimate of drug-likeness (QED) is 0.877. The first-order chi connectivity index (χ1) is 8.79. The normalized spacial score (nSPS) is 17.9. The molecule has 2 aromatic rings. The van der Waals surface area contributed by atoms with Crippen molar-refractivity contribution < 1.29 is 4.39 Å². The van der Waals surface area contributed by atoms with Gasteiger partial charge in [0.05, 0.1) is 6.04 Å². The molecule has 1 atom stereocenters. The van der Waals surface area contributed by atoms with Gasteiger partial charge in [-0.1, -0.05) is 24.3 Å². The van der Waals surface area contributed by atoms with Crippen molar-refractivity contribution >= 4 is 5.69 Å². The Labute approximate surface area is 106 Å². The highest BCUT2D eigenvalue weighted by Crippen LogP contribution is 2.36. The Morgan fingerprint density at radius 2 is 1.94 bits per heavy atom. The Balaban J connectivity index is 2.02. The molecule has 0 saturated heterocycles. The van der Waals surface area contributed by atoms with Crippen LogP contribution in [0.4, 0.5) is 10.1 Å². The third-order valence-electron chi connectivity index (χ3n) is 3.49. The van der Waals surface area contributed by atoms with Crippen LogP contribution in [0.1, 0.15) is 17.2 Å². The molecular weight excluding hydrogens is 227 g/mol. The number of rotatable bonds is 2. The van der Waals surface area contributed by atoms with E-state index in [0.717, 1.165) is 23.4 Å². The zero-order valence-electron chi connectivity index (χ0n) is 10.0. The van der Waals surface area contributed by atoms with Crippen LogP contribution in [0, 0.1) is 5.82 Å². The summed E-state index contributed by atoms with van der Waals surface area (Å²) in [6.45, 7) is 1.28. The zero-order chi connectivity index (χ0) is 12.5. The van der Waals surface area contributed by atoms with Gasteiger partial charge in [0.25, 0.3) is 0 Å². The summed E-state index contributed by atoms with van der Waals surface area (Å²) in [7, 11) is 0. The maximum Gasteiger partial charge on any atom is 0.123 e. The minimum absolute atomic E-state index is 0.0677. The lowest BCUT2D eigenvalue weighted by molar-refractivity contribution is 0.620. The fraction of sp³-hybridized carbons (Fsp3) is 0.200. The number of anilines is 1. The summed E-state index contributed by atoms with van der Waals surface area (Å²) in [5.74, 6) is -0.192. The molecule has 3 heteroatoms. The lowest BCUT2D eigenvalue weighted by Gasteiger charge is -2.26. The molecule has 2 aromatic carbocycles. The van der Waals surface area contributed by atoms with Gasteiger partial charge in [0.2, 0.25) is 0 Å². The predicted molar refractivity (Wildman–Crippen MR) is 70.8 cm³/mol. The first kappa shape index (κ1) is 11.2. The van der Waals surface area contributed by atoms with Gasteiger partial charge in [-0.25, -0.2) is 4.39 Å². The summed E-state index contributed by atoms with van der Waals surface area (Å²) in [6.07, 6.45) is 0. The molecule has 0 saturated carbocycles. The van der Waals surface area contributed by atoms with Crippen LogP contribution in [0.2, 0.25) is 0 Å². The van der Waals surface area contributed by atoms with Crippen molar-refractivity contribution in [3.63, 3.8) is 0 Å². The van der Waals surface area contributed by atoms with Gasteiger partial charge in [-0.2, -0.15) is 0 Å². The number of fused-ring (bicyclic) bond motifs is 1. The Morgan fingerprint density at radius 1 is 1.17 bits per heavy atom. The van der Waals surface area contributed by atoms with Crippen molar-refractivity contribution in [1.82, 2.24) is 0 Å². The first-order valence-electron chi connectivity index (χ1n) is 6.09. The van der Waals surface area contributed by atoms with E-state index in [9.17, 15) is 4.39 Å². The number of nitrogens with zero attached hydrogens (tertiary/aromatic N) is 1. The van der Waals surface area contributed by atoms with E-state index >= 15 is 0 Å². The van der Waals surface area contributed by atoms with Crippen LogP contribution in [0.3, 0.4) is 0 Å². The molecular formula is C15H15FN2. The SMILES string of the molecule is NCC1c2cc(F)ccc2CN1c1ccccc1. The summed E-state index contributed by atoms with van der Waals surface area (Å²) in [5.41, 5.74) is 9.17. The molecule has 0 amide bonds. The monoisotopic (exact) mass is 242 g/mol. The molecule has 0 spiro atoms. The van der Waals surface area contributed by atoms with E-state index in [0.29, 0.717) is 6.54 Å². The van der Waals surface area contributed by atoms with Crippen LogP contribution >= 0.6 is 0 Å². The van der Waals surface area contributed by atoms with E-state index in [-0.39, 0.29) is 11.9 Å². The van der Waals surface area contributed by atoms with Gasteiger partial charge in [-0.15, -0.1) is 0 Å². The molecule has 2 nitrogen and oxygen atoms in total. The van der Waals surface area contributed by atoms with Crippen molar-refractivity contribution in [3.8, 4) is 0 Å². The predicted octanol–water partition coefficient (Wildman–Crippen LogP) is 2.85. The number of nitrogens with two attached hydrogens (primary N) is 1. The molecule has 1 aliphatic rings. The molecule has 1 unspecified atom stereocenters. The largest absolute Gasteiger partial charge is 0.359 e. The third-order valence-corrected chi connectivity index (χ3v) is 3.49. The highest BCUT2D eigenvalue weighted by atomic mass is 19.1. The average Bonchev–Trinajstić information content (AvgIpc) is 2.77. The van der Waals surface area contributed by atoms with E-state index < -0.39 is 0 Å². The highest BCUT2D eigenvalue weighted by Gasteiger charge is 2.29. The fourth-order valence-electron chi connectivity index (χ4n) is 2.63. The van der Waals surface area contributed by atoms with E-state index in [1.165, 1.54) is 6.07 Å². The smallest absolute Gasteiger partial charge is 0.123 e. The summed E-state index contributed by atoms with van der Waals surface area (Å²) in [6, 6.07) is 15.2. The van der Waals surface area contributed by atoms with Gasteiger partial charge in [-0.3, -0.25) is 0 Å². The molecule has 1 aliphatic heterocycles. The third kappa shape index (κ3) is 1.77.